The summed E-state index contributed by atoms with van der Waals surface area (Å²) in [6.07, 6.45) is 0.729. The van der Waals surface area contributed by atoms with Gasteiger partial charge >= 0.3 is 0 Å². The highest BCUT2D eigenvalue weighted by Crippen LogP contribution is 2.31. The largest absolute Gasteiger partial charge is 0.385 e. The lowest BCUT2D eigenvalue weighted by Gasteiger charge is -2.28. The first-order valence-corrected chi connectivity index (χ1v) is 7.65. The van der Waals surface area contributed by atoms with Gasteiger partial charge in [-0.1, -0.05) is 46.3 Å². The Morgan fingerprint density at radius 1 is 1.15 bits per heavy atom. The zero-order chi connectivity index (χ0) is 14.6. The minimum Gasteiger partial charge on any atom is -0.385 e. The Kier molecular flexibility index (Phi) is 5.19. The molecule has 2 aromatic rings. The number of alkyl halides is 1. The molecule has 106 valence electrons. The van der Waals surface area contributed by atoms with E-state index in [1.54, 1.807) is 0 Å². The van der Waals surface area contributed by atoms with Crippen molar-refractivity contribution in [3.05, 3.63) is 69.9 Å². The molecular weight excluding hydrogens is 343 g/mol. The van der Waals surface area contributed by atoms with Gasteiger partial charge in [-0.15, -0.1) is 11.6 Å². The third kappa shape index (κ3) is 3.81. The molecule has 0 aliphatic carbocycles. The maximum Gasteiger partial charge on any atom is 0.124 e. The molecule has 0 aromatic heterocycles. The Labute approximate surface area is 131 Å². The predicted octanol–water partition coefficient (Wildman–Crippen LogP) is 4.65. The van der Waals surface area contributed by atoms with E-state index in [2.05, 4.69) is 15.9 Å². The summed E-state index contributed by atoms with van der Waals surface area (Å²) in [5.74, 6) is 0.0117. The van der Waals surface area contributed by atoms with Crippen LogP contribution < -0.4 is 0 Å². The summed E-state index contributed by atoms with van der Waals surface area (Å²) in [4.78, 5) is 0. The zero-order valence-corrected chi connectivity index (χ0v) is 13.2. The standard InChI is InChI=1S/C16H15BrClFO/c17-14-8-12(9-15(19)10-14)11-16(20,6-7-18)13-4-2-1-3-5-13/h1-5,8-10,20H,6-7,11H2. The van der Waals surface area contributed by atoms with Crippen LogP contribution in [-0.4, -0.2) is 11.0 Å². The molecule has 1 nitrogen and oxygen atoms in total. The molecule has 1 N–H and O–H groups in total. The van der Waals surface area contributed by atoms with Crippen molar-refractivity contribution in [1.82, 2.24) is 0 Å². The first-order chi connectivity index (χ1) is 9.53. The second kappa shape index (κ2) is 6.70. The van der Waals surface area contributed by atoms with Crippen molar-refractivity contribution >= 4 is 27.5 Å². The first kappa shape index (κ1) is 15.5. The molecule has 0 heterocycles. The molecule has 2 aromatic carbocycles. The van der Waals surface area contributed by atoms with E-state index < -0.39 is 5.60 Å². The maximum absolute atomic E-state index is 13.5. The summed E-state index contributed by atoms with van der Waals surface area (Å²) in [7, 11) is 0. The van der Waals surface area contributed by atoms with Gasteiger partial charge in [0.2, 0.25) is 0 Å². The average Bonchev–Trinajstić information content (AvgIpc) is 2.38. The molecule has 20 heavy (non-hydrogen) atoms. The van der Waals surface area contributed by atoms with Gasteiger partial charge in [-0.3, -0.25) is 0 Å². The van der Waals surface area contributed by atoms with Crippen molar-refractivity contribution in [2.45, 2.75) is 18.4 Å². The SMILES string of the molecule is OC(CCCl)(Cc1cc(F)cc(Br)c1)c1ccccc1. The van der Waals surface area contributed by atoms with Crippen molar-refractivity contribution < 1.29 is 9.50 Å². The van der Waals surface area contributed by atoms with E-state index in [0.717, 1.165) is 11.1 Å². The average molecular weight is 358 g/mol. The van der Waals surface area contributed by atoms with Gasteiger partial charge in [-0.2, -0.15) is 0 Å². The summed E-state index contributed by atoms with van der Waals surface area (Å²) in [6.45, 7) is 0. The molecule has 2 rings (SSSR count). The Hall–Kier alpha value is -0.900. The lowest BCUT2D eigenvalue weighted by Crippen LogP contribution is -2.29. The molecule has 0 amide bonds. The Balaban J connectivity index is 2.34. The van der Waals surface area contributed by atoms with E-state index in [0.29, 0.717) is 23.2 Å². The summed E-state index contributed by atoms with van der Waals surface area (Å²) < 4.78 is 14.1. The van der Waals surface area contributed by atoms with Gasteiger partial charge in [-0.05, 0) is 35.7 Å². The summed E-state index contributed by atoms with van der Waals surface area (Å²) in [6, 6.07) is 14.0. The third-order valence-corrected chi connectivity index (χ3v) is 3.88. The van der Waals surface area contributed by atoms with Crippen LogP contribution in [0.1, 0.15) is 17.5 Å². The van der Waals surface area contributed by atoms with Crippen molar-refractivity contribution in [2.75, 3.05) is 5.88 Å². The van der Waals surface area contributed by atoms with Crippen LogP contribution in [0.2, 0.25) is 0 Å². The second-order valence-corrected chi connectivity index (χ2v) is 6.08. The first-order valence-electron chi connectivity index (χ1n) is 6.32. The van der Waals surface area contributed by atoms with Gasteiger partial charge in [0.05, 0.1) is 5.60 Å². The molecule has 0 aliphatic rings. The molecule has 0 radical (unpaired) electrons. The van der Waals surface area contributed by atoms with Gasteiger partial charge < -0.3 is 5.11 Å². The molecular formula is C16H15BrClFO. The minimum atomic E-state index is -1.09. The van der Waals surface area contributed by atoms with Crippen LogP contribution >= 0.6 is 27.5 Å². The number of benzene rings is 2. The molecule has 0 aliphatic heterocycles. The molecule has 4 heteroatoms. The molecule has 0 fully saturated rings. The molecule has 1 atom stereocenters. The number of aliphatic hydroxyl groups is 1. The Morgan fingerprint density at radius 3 is 2.45 bits per heavy atom. The summed E-state index contributed by atoms with van der Waals surface area (Å²) in [5.41, 5.74) is 0.436. The Morgan fingerprint density at radius 2 is 1.85 bits per heavy atom. The highest BCUT2D eigenvalue weighted by molar-refractivity contribution is 9.10. The monoisotopic (exact) mass is 356 g/mol. The van der Waals surface area contributed by atoms with Crippen LogP contribution in [0.15, 0.2) is 53.0 Å². The fraction of sp³-hybridized carbons (Fsp3) is 0.250. The number of hydrogen-bond donors (Lipinski definition) is 1. The van der Waals surface area contributed by atoms with Gasteiger partial charge in [0, 0.05) is 16.8 Å². The van der Waals surface area contributed by atoms with Gasteiger partial charge in [-0.25, -0.2) is 4.39 Å². The maximum atomic E-state index is 13.5. The minimum absolute atomic E-state index is 0.320. The fourth-order valence-electron chi connectivity index (χ4n) is 2.29. The normalized spacial score (nSPS) is 14.0. The lowest BCUT2D eigenvalue weighted by atomic mass is 9.85. The highest BCUT2D eigenvalue weighted by atomic mass is 79.9. The summed E-state index contributed by atoms with van der Waals surface area (Å²) in [5, 5.41) is 10.9. The number of hydrogen-bond acceptors (Lipinski definition) is 1. The topological polar surface area (TPSA) is 20.2 Å². The van der Waals surface area contributed by atoms with E-state index >= 15 is 0 Å². The van der Waals surface area contributed by atoms with Crippen molar-refractivity contribution in [3.8, 4) is 0 Å². The van der Waals surface area contributed by atoms with Crippen molar-refractivity contribution in [3.63, 3.8) is 0 Å². The van der Waals surface area contributed by atoms with Crippen molar-refractivity contribution in [1.29, 1.82) is 0 Å². The quantitative estimate of drug-likeness (QED) is 0.772. The summed E-state index contributed by atoms with van der Waals surface area (Å²) >= 11 is 9.09. The van der Waals surface area contributed by atoms with Crippen LogP contribution in [-0.2, 0) is 12.0 Å². The van der Waals surface area contributed by atoms with Gasteiger partial charge in [0.15, 0.2) is 0 Å². The van der Waals surface area contributed by atoms with Crippen molar-refractivity contribution in [2.24, 2.45) is 0 Å². The highest BCUT2D eigenvalue weighted by Gasteiger charge is 2.29. The van der Waals surface area contributed by atoms with E-state index in [1.165, 1.54) is 12.1 Å². The number of rotatable bonds is 5. The van der Waals surface area contributed by atoms with E-state index in [4.69, 9.17) is 11.6 Å². The smallest absolute Gasteiger partial charge is 0.124 e. The van der Waals surface area contributed by atoms with Gasteiger partial charge in [0.25, 0.3) is 0 Å². The van der Waals surface area contributed by atoms with E-state index in [-0.39, 0.29) is 5.82 Å². The van der Waals surface area contributed by atoms with Crippen LogP contribution in [0.4, 0.5) is 4.39 Å². The predicted molar refractivity (Wildman–Crippen MR) is 83.5 cm³/mol. The Bertz CT molecular complexity index is 556. The van der Waals surface area contributed by atoms with E-state index in [1.807, 2.05) is 36.4 Å². The van der Waals surface area contributed by atoms with Crippen LogP contribution in [0, 0.1) is 5.82 Å². The molecule has 0 saturated carbocycles. The van der Waals surface area contributed by atoms with Crippen LogP contribution in [0.3, 0.4) is 0 Å². The third-order valence-electron chi connectivity index (χ3n) is 3.24. The molecule has 0 spiro atoms. The second-order valence-electron chi connectivity index (χ2n) is 4.79. The zero-order valence-electron chi connectivity index (χ0n) is 10.8. The van der Waals surface area contributed by atoms with Crippen LogP contribution in [0.5, 0.6) is 0 Å². The molecule has 0 saturated heterocycles. The lowest BCUT2D eigenvalue weighted by molar-refractivity contribution is 0.0336. The molecule has 1 unspecified atom stereocenters. The fourth-order valence-corrected chi connectivity index (χ4v) is 3.12. The number of halogens is 3. The van der Waals surface area contributed by atoms with Crippen LogP contribution in [0.25, 0.3) is 0 Å². The van der Waals surface area contributed by atoms with E-state index in [9.17, 15) is 9.50 Å². The van der Waals surface area contributed by atoms with Gasteiger partial charge in [0.1, 0.15) is 5.82 Å². The molecule has 0 bridgehead atoms.